The maximum atomic E-state index is 9.56. The van der Waals surface area contributed by atoms with Gasteiger partial charge in [0.05, 0.1) is 0 Å². The molecule has 5 nitrogen and oxygen atoms in total. The van der Waals surface area contributed by atoms with Gasteiger partial charge in [0, 0.05) is 5.39 Å². The van der Waals surface area contributed by atoms with Crippen LogP contribution in [0.1, 0.15) is 0 Å². The van der Waals surface area contributed by atoms with Crippen molar-refractivity contribution < 1.29 is 10.2 Å². The molecule has 0 aliphatic rings. The number of aromatic nitrogens is 1. The molecule has 3 rings (SSSR count). The summed E-state index contributed by atoms with van der Waals surface area (Å²) in [5.41, 5.74) is 13.2. The van der Waals surface area contributed by atoms with Crippen LogP contribution in [0.3, 0.4) is 0 Å². The normalized spacial score (nSPS) is 10.8. The van der Waals surface area contributed by atoms with Gasteiger partial charge in [-0.25, -0.2) is 4.98 Å². The van der Waals surface area contributed by atoms with Crippen molar-refractivity contribution in [1.29, 1.82) is 0 Å². The van der Waals surface area contributed by atoms with E-state index in [0.717, 1.165) is 21.9 Å². The Morgan fingerprint density at radius 1 is 0.800 bits per heavy atom. The Morgan fingerprint density at radius 2 is 1.50 bits per heavy atom. The van der Waals surface area contributed by atoms with Crippen LogP contribution in [0.15, 0.2) is 42.5 Å². The van der Waals surface area contributed by atoms with Crippen LogP contribution in [0.25, 0.3) is 21.9 Å². The summed E-state index contributed by atoms with van der Waals surface area (Å²) < 4.78 is 0. The predicted octanol–water partition coefficient (Wildman–Crippen LogP) is 2.48. The lowest BCUT2D eigenvalue weighted by Gasteiger charge is -2.08. The van der Waals surface area contributed by atoms with Crippen LogP contribution in [0.4, 0.5) is 11.6 Å². The van der Waals surface area contributed by atoms with E-state index in [2.05, 4.69) is 4.98 Å². The molecule has 1 heterocycles. The first-order chi connectivity index (χ1) is 9.54. The SMILES string of the molecule is Nc1cc2ccc(-c3ccc(O)c(O)c3)cc2c(N)n1. The van der Waals surface area contributed by atoms with E-state index in [9.17, 15) is 10.2 Å². The first kappa shape index (κ1) is 12.1. The lowest BCUT2D eigenvalue weighted by molar-refractivity contribution is 0.404. The molecule has 1 aromatic heterocycles. The quantitative estimate of drug-likeness (QED) is 0.507. The average Bonchev–Trinajstić information content (AvgIpc) is 2.41. The van der Waals surface area contributed by atoms with Gasteiger partial charge in [0.25, 0.3) is 0 Å². The molecule has 0 bridgehead atoms. The highest BCUT2D eigenvalue weighted by molar-refractivity contribution is 5.95. The molecule has 0 saturated heterocycles. The van der Waals surface area contributed by atoms with E-state index in [1.54, 1.807) is 12.1 Å². The van der Waals surface area contributed by atoms with Crippen LogP contribution in [0, 0.1) is 0 Å². The van der Waals surface area contributed by atoms with Crippen LogP contribution >= 0.6 is 0 Å². The van der Waals surface area contributed by atoms with E-state index in [4.69, 9.17) is 11.5 Å². The second-order valence-corrected chi connectivity index (χ2v) is 4.57. The summed E-state index contributed by atoms with van der Waals surface area (Å²) in [4.78, 5) is 4.03. The summed E-state index contributed by atoms with van der Waals surface area (Å²) in [5, 5.41) is 20.6. The van der Waals surface area contributed by atoms with Gasteiger partial charge in [-0.05, 0) is 40.8 Å². The Balaban J connectivity index is 2.20. The van der Waals surface area contributed by atoms with Gasteiger partial charge >= 0.3 is 0 Å². The van der Waals surface area contributed by atoms with Crippen molar-refractivity contribution in [2.45, 2.75) is 0 Å². The van der Waals surface area contributed by atoms with Crippen LogP contribution in [-0.2, 0) is 0 Å². The van der Waals surface area contributed by atoms with Crippen molar-refractivity contribution in [3.05, 3.63) is 42.5 Å². The van der Waals surface area contributed by atoms with Crippen LogP contribution in [-0.4, -0.2) is 15.2 Å². The third kappa shape index (κ3) is 1.95. The van der Waals surface area contributed by atoms with E-state index >= 15 is 0 Å². The molecule has 3 aromatic rings. The molecule has 0 aliphatic heterocycles. The van der Waals surface area contributed by atoms with E-state index in [-0.39, 0.29) is 11.5 Å². The molecule has 0 amide bonds. The van der Waals surface area contributed by atoms with Crippen molar-refractivity contribution in [3.63, 3.8) is 0 Å². The summed E-state index contributed by atoms with van der Waals surface area (Å²) >= 11 is 0. The number of aromatic hydroxyl groups is 2. The Morgan fingerprint density at radius 3 is 2.25 bits per heavy atom. The van der Waals surface area contributed by atoms with Crippen molar-refractivity contribution in [2.75, 3.05) is 11.5 Å². The molecule has 0 aliphatic carbocycles. The maximum absolute atomic E-state index is 9.56. The summed E-state index contributed by atoms with van der Waals surface area (Å²) in [6, 6.07) is 12.1. The molecule has 0 unspecified atom stereocenters. The lowest BCUT2D eigenvalue weighted by Crippen LogP contribution is -1.97. The van der Waals surface area contributed by atoms with E-state index < -0.39 is 0 Å². The van der Waals surface area contributed by atoms with Gasteiger partial charge in [0.15, 0.2) is 11.5 Å². The standard InChI is InChI=1S/C15H13N3O2/c16-14-7-10-2-1-8(5-11(10)15(17)18-14)9-3-4-12(19)13(20)6-9/h1-7,19-20H,(H4,16,17,18). The van der Waals surface area contributed by atoms with Crippen molar-refractivity contribution >= 4 is 22.4 Å². The molecule has 0 saturated carbocycles. The number of hydrogen-bond acceptors (Lipinski definition) is 5. The Kier molecular flexibility index (Phi) is 2.61. The van der Waals surface area contributed by atoms with Gasteiger partial charge in [-0.15, -0.1) is 0 Å². The van der Waals surface area contributed by atoms with Gasteiger partial charge in [-0.1, -0.05) is 18.2 Å². The lowest BCUT2D eigenvalue weighted by atomic mass is 10.0. The third-order valence-electron chi connectivity index (χ3n) is 3.19. The first-order valence-electron chi connectivity index (χ1n) is 6.03. The number of phenolic OH excluding ortho intramolecular Hbond substituents is 2. The molecular formula is C15H13N3O2. The maximum Gasteiger partial charge on any atom is 0.158 e. The minimum absolute atomic E-state index is 0.150. The molecule has 2 aromatic carbocycles. The largest absolute Gasteiger partial charge is 0.504 e. The van der Waals surface area contributed by atoms with Crippen molar-refractivity contribution in [1.82, 2.24) is 4.98 Å². The average molecular weight is 267 g/mol. The number of fused-ring (bicyclic) bond motifs is 1. The number of phenols is 2. The third-order valence-corrected chi connectivity index (χ3v) is 3.19. The second-order valence-electron chi connectivity index (χ2n) is 4.57. The topological polar surface area (TPSA) is 105 Å². The number of hydrogen-bond donors (Lipinski definition) is 4. The van der Waals surface area contributed by atoms with Gasteiger partial charge in [-0.2, -0.15) is 0 Å². The monoisotopic (exact) mass is 267 g/mol. The van der Waals surface area contributed by atoms with Crippen LogP contribution in [0.5, 0.6) is 11.5 Å². The highest BCUT2D eigenvalue weighted by Crippen LogP contribution is 2.33. The van der Waals surface area contributed by atoms with E-state index in [1.165, 1.54) is 12.1 Å². The van der Waals surface area contributed by atoms with Crippen molar-refractivity contribution in [2.24, 2.45) is 0 Å². The Hall–Kier alpha value is -2.95. The van der Waals surface area contributed by atoms with Crippen LogP contribution < -0.4 is 11.5 Å². The Labute approximate surface area is 115 Å². The summed E-state index contributed by atoms with van der Waals surface area (Å²) in [7, 11) is 0. The molecule has 0 atom stereocenters. The fourth-order valence-electron chi connectivity index (χ4n) is 2.18. The smallest absolute Gasteiger partial charge is 0.158 e. The molecule has 0 fully saturated rings. The summed E-state index contributed by atoms with van der Waals surface area (Å²) in [6.45, 7) is 0. The van der Waals surface area contributed by atoms with Gasteiger partial charge in [0.2, 0.25) is 0 Å². The summed E-state index contributed by atoms with van der Waals surface area (Å²) in [6.07, 6.45) is 0. The highest BCUT2D eigenvalue weighted by atomic mass is 16.3. The number of nitrogen functional groups attached to an aromatic ring is 2. The number of anilines is 2. The number of nitrogens with two attached hydrogens (primary N) is 2. The molecule has 5 heteroatoms. The second kappa shape index (κ2) is 4.31. The van der Waals surface area contributed by atoms with Gasteiger partial charge in [-0.3, -0.25) is 0 Å². The Bertz CT molecular complexity index is 816. The molecule has 20 heavy (non-hydrogen) atoms. The number of benzene rings is 2. The minimum atomic E-state index is -0.161. The molecular weight excluding hydrogens is 254 g/mol. The summed E-state index contributed by atoms with van der Waals surface area (Å²) in [5.74, 6) is 0.435. The number of pyridine rings is 1. The van der Waals surface area contributed by atoms with Crippen LogP contribution in [0.2, 0.25) is 0 Å². The minimum Gasteiger partial charge on any atom is -0.504 e. The molecule has 0 spiro atoms. The number of nitrogens with zero attached hydrogens (tertiary/aromatic N) is 1. The fourth-order valence-corrected chi connectivity index (χ4v) is 2.18. The first-order valence-corrected chi connectivity index (χ1v) is 6.03. The molecule has 100 valence electrons. The zero-order chi connectivity index (χ0) is 14.3. The zero-order valence-electron chi connectivity index (χ0n) is 10.5. The molecule has 0 radical (unpaired) electrons. The fraction of sp³-hybridized carbons (Fsp3) is 0. The van der Waals surface area contributed by atoms with E-state index in [1.807, 2.05) is 18.2 Å². The highest BCUT2D eigenvalue weighted by Gasteiger charge is 2.06. The van der Waals surface area contributed by atoms with Gasteiger partial charge in [0.1, 0.15) is 11.6 Å². The number of rotatable bonds is 1. The van der Waals surface area contributed by atoms with Gasteiger partial charge < -0.3 is 21.7 Å². The zero-order valence-corrected chi connectivity index (χ0v) is 10.5. The van der Waals surface area contributed by atoms with E-state index in [0.29, 0.717) is 11.6 Å². The van der Waals surface area contributed by atoms with Crippen molar-refractivity contribution in [3.8, 4) is 22.6 Å². The predicted molar refractivity (Wildman–Crippen MR) is 79.3 cm³/mol. The molecule has 6 N–H and O–H groups in total.